The van der Waals surface area contributed by atoms with Crippen LogP contribution in [0.3, 0.4) is 0 Å². The van der Waals surface area contributed by atoms with Gasteiger partial charge in [0.15, 0.2) is 0 Å². The molecule has 1 amide bonds. The van der Waals surface area contributed by atoms with Gasteiger partial charge in [0, 0.05) is 19.6 Å². The molecule has 0 fully saturated rings. The van der Waals surface area contributed by atoms with E-state index in [4.69, 9.17) is 5.73 Å². The molecule has 0 atom stereocenters. The fourth-order valence-corrected chi connectivity index (χ4v) is 2.66. The van der Waals surface area contributed by atoms with Crippen LogP contribution in [0, 0.1) is 0 Å². The van der Waals surface area contributed by atoms with E-state index in [1.165, 1.54) is 0 Å². The minimum Gasteiger partial charge on any atom is -0.448 e. The number of amides is 1. The Hall–Kier alpha value is -2.13. The van der Waals surface area contributed by atoms with E-state index in [0.29, 0.717) is 24.5 Å². The van der Waals surface area contributed by atoms with Gasteiger partial charge in [-0.25, -0.2) is 4.79 Å². The van der Waals surface area contributed by atoms with Crippen molar-refractivity contribution < 1.29 is 9.53 Å². The Balaban J connectivity index is 2.76. The zero-order chi connectivity index (χ0) is 19.7. The summed E-state index contributed by atoms with van der Waals surface area (Å²) >= 11 is 0. The van der Waals surface area contributed by atoms with Gasteiger partial charge in [-0.2, -0.15) is 0 Å². The highest BCUT2D eigenvalue weighted by atomic mass is 16.5. The van der Waals surface area contributed by atoms with Gasteiger partial charge in [-0.05, 0) is 54.1 Å². The molecule has 1 rings (SSSR count). The molecule has 1 aromatic carbocycles. The number of hydrogen-bond donors (Lipinski definition) is 2. The number of nitrogens with two attached hydrogens (primary N) is 1. The molecular weight excluding hydrogens is 338 g/mol. The average molecular weight is 369 g/mol. The lowest BCUT2D eigenvalue weighted by Crippen LogP contribution is -2.44. The second-order valence-corrected chi connectivity index (χ2v) is 6.78. The van der Waals surface area contributed by atoms with Crippen molar-refractivity contribution in [2.75, 3.05) is 77.7 Å². The Morgan fingerprint density at radius 1 is 0.962 bits per heavy atom. The fraction of sp³-hybridized carbons (Fsp3) is 0.706. The Kier molecular flexibility index (Phi) is 9.08. The van der Waals surface area contributed by atoms with E-state index in [1.54, 1.807) is 0 Å². The van der Waals surface area contributed by atoms with E-state index in [1.807, 2.05) is 33.1 Å². The lowest BCUT2D eigenvalue weighted by atomic mass is 10.1. The molecule has 148 valence electrons. The Morgan fingerprint density at radius 2 is 1.50 bits per heavy atom. The number of primary amides is 1. The number of carbonyl (C=O) groups excluding carboxylic acids is 1. The van der Waals surface area contributed by atoms with Crippen molar-refractivity contribution in [1.82, 2.24) is 9.80 Å². The summed E-state index contributed by atoms with van der Waals surface area (Å²) < 4.78 is 4.63. The van der Waals surface area contributed by atoms with Crippen LogP contribution in [0.4, 0.5) is 16.2 Å². The van der Waals surface area contributed by atoms with Gasteiger partial charge in [-0.3, -0.25) is 9.59 Å². The minimum atomic E-state index is -0.869. The normalized spacial score (nSPS) is 11.3. The second-order valence-electron chi connectivity index (χ2n) is 6.78. The smallest absolute Gasteiger partial charge is 0.404 e. The van der Waals surface area contributed by atoms with E-state index in [-0.39, 0.29) is 13.2 Å². The van der Waals surface area contributed by atoms with E-state index < -0.39 is 17.0 Å². The van der Waals surface area contributed by atoms with Crippen molar-refractivity contribution in [2.45, 2.75) is 12.8 Å². The molecule has 0 saturated heterocycles. The molecule has 0 aliphatic heterocycles. The average Bonchev–Trinajstić information content (AvgIpc) is 2.55. The van der Waals surface area contributed by atoms with Crippen molar-refractivity contribution in [3.05, 3.63) is 20.4 Å². The van der Waals surface area contributed by atoms with Crippen LogP contribution in [0.2, 0.25) is 0 Å². The molecular formula is C17H31N5O4. The summed E-state index contributed by atoms with van der Waals surface area (Å²) in [6.07, 6.45) is 0.904. The third-order valence-electron chi connectivity index (χ3n) is 3.92. The van der Waals surface area contributed by atoms with Crippen LogP contribution in [-0.2, 0) is 4.74 Å². The van der Waals surface area contributed by atoms with Crippen LogP contribution in [0.25, 0.3) is 0 Å². The van der Waals surface area contributed by atoms with Crippen LogP contribution in [0.1, 0.15) is 12.8 Å². The first-order chi connectivity index (χ1) is 12.2. The maximum Gasteiger partial charge on any atom is 0.404 e. The van der Waals surface area contributed by atoms with Crippen molar-refractivity contribution in [1.29, 1.82) is 0 Å². The number of anilines is 2. The number of ether oxygens (including phenoxy) is 1. The predicted molar refractivity (Wildman–Crippen MR) is 104 cm³/mol. The summed E-state index contributed by atoms with van der Waals surface area (Å²) in [5.41, 5.74) is 4.66. The molecule has 0 unspecified atom stereocenters. The van der Waals surface area contributed by atoms with Crippen molar-refractivity contribution in [3.63, 3.8) is 0 Å². The number of rotatable bonds is 13. The van der Waals surface area contributed by atoms with Crippen LogP contribution < -0.4 is 26.8 Å². The molecule has 0 bridgehead atoms. The number of nitrogens with one attached hydrogen (secondary N) is 1. The summed E-state index contributed by atoms with van der Waals surface area (Å²) in [7, 11) is 8.00. The topological polar surface area (TPSA) is 108 Å². The number of nitrogens with zero attached hydrogens (tertiary/aromatic N) is 3. The highest BCUT2D eigenvalue weighted by Crippen LogP contribution is 2.20. The lowest BCUT2D eigenvalue weighted by molar-refractivity contribution is 0.161. The molecule has 0 aromatic heterocycles. The van der Waals surface area contributed by atoms with Gasteiger partial charge < -0.3 is 30.5 Å². The second kappa shape index (κ2) is 10.8. The van der Waals surface area contributed by atoms with Crippen molar-refractivity contribution >= 4 is 17.5 Å². The summed E-state index contributed by atoms with van der Waals surface area (Å²) in [5, 5.41) is 2.90. The lowest BCUT2D eigenvalue weighted by Gasteiger charge is -2.29. The molecule has 3 N–H and O–H groups in total. The first kappa shape index (κ1) is 21.9. The molecule has 0 heterocycles. The molecule has 0 saturated carbocycles. The summed E-state index contributed by atoms with van der Waals surface area (Å²) in [5.74, 6) is 0. The van der Waals surface area contributed by atoms with E-state index in [0.717, 1.165) is 25.9 Å². The molecule has 0 aliphatic rings. The summed E-state index contributed by atoms with van der Waals surface area (Å²) in [4.78, 5) is 40.8. The van der Waals surface area contributed by atoms with E-state index in [2.05, 4.69) is 19.9 Å². The maximum absolute atomic E-state index is 12.1. The molecule has 1 aromatic rings. The Morgan fingerprint density at radius 3 is 1.96 bits per heavy atom. The third kappa shape index (κ3) is 7.01. The third-order valence-corrected chi connectivity index (χ3v) is 3.92. The fourth-order valence-electron chi connectivity index (χ4n) is 2.66. The van der Waals surface area contributed by atoms with E-state index >= 15 is 0 Å². The van der Waals surface area contributed by atoms with Gasteiger partial charge in [0.1, 0.15) is 18.0 Å². The molecule has 9 heteroatoms. The predicted octanol–water partition coefficient (Wildman–Crippen LogP) is -0.500. The molecule has 0 aliphatic carbocycles. The standard InChI is InChI=1S/C17H31N5O4/c1-20(2)8-5-10-22(11-6-9-21(3)4)14-13(15(23)16(14)24)19-7-12-26-17(18)25/h19H,5-12H2,1-4H3,(H2,18,25). The van der Waals surface area contributed by atoms with Gasteiger partial charge in [0.25, 0.3) is 10.9 Å². The van der Waals surface area contributed by atoms with Gasteiger partial charge in [0.2, 0.25) is 0 Å². The van der Waals surface area contributed by atoms with Gasteiger partial charge in [0.05, 0.1) is 0 Å². The van der Waals surface area contributed by atoms with Crippen LogP contribution >= 0.6 is 0 Å². The minimum absolute atomic E-state index is 0.0366. The van der Waals surface area contributed by atoms with Gasteiger partial charge in [-0.15, -0.1) is 0 Å². The molecule has 9 nitrogen and oxygen atoms in total. The first-order valence-electron chi connectivity index (χ1n) is 8.77. The molecule has 26 heavy (non-hydrogen) atoms. The molecule has 0 radical (unpaired) electrons. The van der Waals surface area contributed by atoms with Gasteiger partial charge >= 0.3 is 6.09 Å². The van der Waals surface area contributed by atoms with Crippen LogP contribution in [0.5, 0.6) is 0 Å². The van der Waals surface area contributed by atoms with Crippen molar-refractivity contribution in [2.24, 2.45) is 5.73 Å². The largest absolute Gasteiger partial charge is 0.448 e. The highest BCUT2D eigenvalue weighted by molar-refractivity contribution is 5.75. The quantitative estimate of drug-likeness (QED) is 0.354. The number of hydrogen-bond acceptors (Lipinski definition) is 8. The van der Waals surface area contributed by atoms with E-state index in [9.17, 15) is 14.4 Å². The number of carbonyl (C=O) groups is 1. The first-order valence-corrected chi connectivity index (χ1v) is 8.77. The zero-order valence-corrected chi connectivity index (χ0v) is 16.2. The highest BCUT2D eigenvalue weighted by Gasteiger charge is 2.25. The van der Waals surface area contributed by atoms with Crippen LogP contribution in [0.15, 0.2) is 9.59 Å². The summed E-state index contributed by atoms with van der Waals surface area (Å²) in [6.45, 7) is 3.45. The Labute approximate surface area is 154 Å². The monoisotopic (exact) mass is 369 g/mol. The Bertz CT molecular complexity index is 623. The maximum atomic E-state index is 12.1. The van der Waals surface area contributed by atoms with Crippen LogP contribution in [-0.4, -0.2) is 83.4 Å². The SMILES string of the molecule is CN(C)CCCN(CCCN(C)C)c1c(NCCOC(N)=O)c(=O)c1=O. The zero-order valence-electron chi connectivity index (χ0n) is 16.2. The van der Waals surface area contributed by atoms with Gasteiger partial charge in [-0.1, -0.05) is 0 Å². The summed E-state index contributed by atoms with van der Waals surface area (Å²) in [6, 6.07) is 0. The van der Waals surface area contributed by atoms with Crippen molar-refractivity contribution in [3.8, 4) is 0 Å². The molecule has 0 spiro atoms.